The first-order valence-corrected chi connectivity index (χ1v) is 8.46. The summed E-state index contributed by atoms with van der Waals surface area (Å²) >= 11 is 1.98. The van der Waals surface area contributed by atoms with E-state index >= 15 is 0 Å². The van der Waals surface area contributed by atoms with Gasteiger partial charge in [0.15, 0.2) is 0 Å². The highest BCUT2D eigenvalue weighted by molar-refractivity contribution is 7.99. The molecule has 4 rings (SSSR count). The first-order chi connectivity index (χ1) is 8.19. The maximum atomic E-state index is 9.07. The van der Waals surface area contributed by atoms with Gasteiger partial charge in [-0.1, -0.05) is 6.92 Å². The molecule has 2 heteroatoms. The predicted octanol–water partition coefficient (Wildman–Crippen LogP) is 3.71. The van der Waals surface area contributed by atoms with Crippen LogP contribution in [0.25, 0.3) is 0 Å². The summed E-state index contributed by atoms with van der Waals surface area (Å²) in [6.45, 7) is 2.48. The van der Waals surface area contributed by atoms with E-state index in [4.69, 9.17) is 5.11 Å². The quantitative estimate of drug-likeness (QED) is 0.807. The van der Waals surface area contributed by atoms with Gasteiger partial charge in [0.05, 0.1) is 6.61 Å². The van der Waals surface area contributed by atoms with E-state index in [-0.39, 0.29) is 0 Å². The molecule has 98 valence electrons. The molecule has 0 heterocycles. The highest BCUT2D eigenvalue weighted by Crippen LogP contribution is 2.61. The van der Waals surface area contributed by atoms with Gasteiger partial charge in [0, 0.05) is 5.25 Å². The lowest BCUT2D eigenvalue weighted by atomic mass is 9.49. The third-order valence-corrected chi connectivity index (χ3v) is 6.61. The first kappa shape index (κ1) is 12.3. The molecule has 1 N–H and O–H groups in total. The van der Waals surface area contributed by atoms with Crippen molar-refractivity contribution in [2.24, 2.45) is 23.2 Å². The monoisotopic (exact) mass is 254 g/mol. The van der Waals surface area contributed by atoms with Gasteiger partial charge in [0.2, 0.25) is 0 Å². The van der Waals surface area contributed by atoms with Gasteiger partial charge in [0.1, 0.15) is 0 Å². The molecule has 4 aliphatic carbocycles. The van der Waals surface area contributed by atoms with Crippen LogP contribution in [-0.2, 0) is 0 Å². The van der Waals surface area contributed by atoms with Gasteiger partial charge in [-0.25, -0.2) is 0 Å². The summed E-state index contributed by atoms with van der Waals surface area (Å²) in [6.07, 6.45) is 10.7. The van der Waals surface area contributed by atoms with Crippen LogP contribution in [0.4, 0.5) is 0 Å². The van der Waals surface area contributed by atoms with Crippen molar-refractivity contribution in [3.8, 4) is 0 Å². The molecule has 0 saturated heterocycles. The third kappa shape index (κ3) is 2.53. The average molecular weight is 254 g/mol. The second kappa shape index (κ2) is 4.77. The summed E-state index contributed by atoms with van der Waals surface area (Å²) in [7, 11) is 0. The zero-order valence-corrected chi connectivity index (χ0v) is 11.8. The van der Waals surface area contributed by atoms with Crippen molar-refractivity contribution >= 4 is 11.8 Å². The Balaban J connectivity index is 1.55. The van der Waals surface area contributed by atoms with Crippen LogP contribution in [0.5, 0.6) is 0 Å². The molecule has 0 amide bonds. The van der Waals surface area contributed by atoms with Crippen molar-refractivity contribution in [2.75, 3.05) is 12.4 Å². The van der Waals surface area contributed by atoms with E-state index in [9.17, 15) is 0 Å². The van der Waals surface area contributed by atoms with E-state index in [0.29, 0.717) is 11.9 Å². The van der Waals surface area contributed by atoms with Crippen LogP contribution in [0, 0.1) is 23.2 Å². The molecule has 17 heavy (non-hydrogen) atoms. The molecule has 4 aliphatic rings. The zero-order chi connectivity index (χ0) is 11.9. The molecule has 0 radical (unpaired) electrons. The minimum Gasteiger partial charge on any atom is -0.395 e. The minimum atomic E-state index is 0.339. The van der Waals surface area contributed by atoms with Gasteiger partial charge in [0.25, 0.3) is 0 Å². The molecule has 4 fully saturated rings. The van der Waals surface area contributed by atoms with E-state index in [1.165, 1.54) is 31.4 Å². The number of hydrogen-bond donors (Lipinski definition) is 1. The fourth-order valence-electron chi connectivity index (χ4n) is 5.13. The molecular formula is C15H26OS. The first-order valence-electron chi connectivity index (χ1n) is 7.41. The summed E-state index contributed by atoms with van der Waals surface area (Å²) in [5, 5.41) is 9.51. The fraction of sp³-hybridized carbons (Fsp3) is 1.00. The number of aliphatic hydroxyl groups excluding tert-OH is 1. The number of rotatable bonds is 5. The lowest BCUT2D eigenvalue weighted by Gasteiger charge is -2.57. The van der Waals surface area contributed by atoms with Gasteiger partial charge in [-0.2, -0.15) is 11.8 Å². The van der Waals surface area contributed by atoms with Gasteiger partial charge in [-0.05, 0) is 73.9 Å². The summed E-state index contributed by atoms with van der Waals surface area (Å²) < 4.78 is 0. The maximum absolute atomic E-state index is 9.07. The Morgan fingerprint density at radius 1 is 1.12 bits per heavy atom. The van der Waals surface area contributed by atoms with Crippen LogP contribution in [0.15, 0.2) is 0 Å². The molecule has 0 spiro atoms. The summed E-state index contributed by atoms with van der Waals surface area (Å²) in [4.78, 5) is 0. The largest absolute Gasteiger partial charge is 0.395 e. The predicted molar refractivity (Wildman–Crippen MR) is 74.2 cm³/mol. The molecule has 1 atom stereocenters. The lowest BCUT2D eigenvalue weighted by molar-refractivity contribution is -0.0538. The van der Waals surface area contributed by atoms with Crippen molar-refractivity contribution in [1.29, 1.82) is 0 Å². The Bertz CT molecular complexity index is 241. The Labute approximate surface area is 110 Å². The SMILES string of the molecule is CC(CO)SCCC12CC3CC(CC(C3)C1)C2. The van der Waals surface area contributed by atoms with Crippen LogP contribution in [0.2, 0.25) is 0 Å². The van der Waals surface area contributed by atoms with Gasteiger partial charge >= 0.3 is 0 Å². The molecule has 0 aromatic carbocycles. The number of thioether (sulfide) groups is 1. The Morgan fingerprint density at radius 3 is 2.12 bits per heavy atom. The Morgan fingerprint density at radius 2 is 1.65 bits per heavy atom. The summed E-state index contributed by atoms with van der Waals surface area (Å²) in [6, 6.07) is 0. The zero-order valence-electron chi connectivity index (χ0n) is 11.0. The van der Waals surface area contributed by atoms with Gasteiger partial charge < -0.3 is 5.11 Å². The molecule has 0 aliphatic heterocycles. The number of hydrogen-bond acceptors (Lipinski definition) is 2. The van der Waals surface area contributed by atoms with Crippen molar-refractivity contribution < 1.29 is 5.11 Å². The molecular weight excluding hydrogens is 228 g/mol. The van der Waals surface area contributed by atoms with Crippen LogP contribution < -0.4 is 0 Å². The van der Waals surface area contributed by atoms with Crippen LogP contribution in [-0.4, -0.2) is 22.7 Å². The van der Waals surface area contributed by atoms with Crippen LogP contribution >= 0.6 is 11.8 Å². The molecule has 0 aromatic heterocycles. The third-order valence-electron chi connectivity index (χ3n) is 5.46. The number of aliphatic hydroxyl groups is 1. The van der Waals surface area contributed by atoms with Crippen molar-refractivity contribution in [3.63, 3.8) is 0 Å². The van der Waals surface area contributed by atoms with Crippen molar-refractivity contribution in [3.05, 3.63) is 0 Å². The van der Waals surface area contributed by atoms with Gasteiger partial charge in [-0.3, -0.25) is 0 Å². The average Bonchev–Trinajstić information content (AvgIpc) is 2.26. The molecule has 4 saturated carbocycles. The normalized spacial score (nSPS) is 45.2. The lowest BCUT2D eigenvalue weighted by Crippen LogP contribution is -2.46. The maximum Gasteiger partial charge on any atom is 0.0547 e. The van der Waals surface area contributed by atoms with E-state index in [0.717, 1.165) is 23.2 Å². The van der Waals surface area contributed by atoms with E-state index in [2.05, 4.69) is 6.92 Å². The molecule has 0 aromatic rings. The Kier molecular flexibility index (Phi) is 3.47. The van der Waals surface area contributed by atoms with Crippen molar-refractivity contribution in [2.45, 2.75) is 57.1 Å². The Hall–Kier alpha value is 0.310. The summed E-state index contributed by atoms with van der Waals surface area (Å²) in [5.41, 5.74) is 0.733. The van der Waals surface area contributed by atoms with Crippen LogP contribution in [0.3, 0.4) is 0 Å². The highest BCUT2D eigenvalue weighted by Gasteiger charge is 2.50. The smallest absolute Gasteiger partial charge is 0.0547 e. The molecule has 4 bridgehead atoms. The highest BCUT2D eigenvalue weighted by atomic mass is 32.2. The standard InChI is InChI=1S/C15H26OS/c1-11(10-16)17-3-2-15-7-12-4-13(8-15)6-14(5-12)9-15/h11-14,16H,2-10H2,1H3. The minimum absolute atomic E-state index is 0.339. The molecule has 1 nitrogen and oxygen atoms in total. The van der Waals surface area contributed by atoms with Crippen molar-refractivity contribution in [1.82, 2.24) is 0 Å². The van der Waals surface area contributed by atoms with Gasteiger partial charge in [-0.15, -0.1) is 0 Å². The second-order valence-electron chi connectivity index (χ2n) is 7.03. The van der Waals surface area contributed by atoms with Crippen LogP contribution in [0.1, 0.15) is 51.9 Å². The van der Waals surface area contributed by atoms with E-state index < -0.39 is 0 Å². The van der Waals surface area contributed by atoms with E-state index in [1.54, 1.807) is 19.3 Å². The second-order valence-corrected chi connectivity index (χ2v) is 8.58. The fourth-order valence-corrected chi connectivity index (χ4v) is 6.18. The summed E-state index contributed by atoms with van der Waals surface area (Å²) in [5.74, 6) is 4.53. The topological polar surface area (TPSA) is 20.2 Å². The molecule has 1 unspecified atom stereocenters. The van der Waals surface area contributed by atoms with E-state index in [1.807, 2.05) is 11.8 Å².